The molecule has 2 N–H and O–H groups in total. The van der Waals surface area contributed by atoms with Crippen molar-refractivity contribution < 1.29 is 19.1 Å². The van der Waals surface area contributed by atoms with Gasteiger partial charge in [0, 0.05) is 17.5 Å². The maximum absolute atomic E-state index is 12.2. The Labute approximate surface area is 156 Å². The van der Waals surface area contributed by atoms with Gasteiger partial charge in [0.1, 0.15) is 11.5 Å². The molecule has 0 saturated heterocycles. The summed E-state index contributed by atoms with van der Waals surface area (Å²) in [6.45, 7) is 0.333. The SMILES string of the molecule is COc1ccc(NC(=O)C(=O)NC[C@@H](c2cccs2)N(C)C)c(OC)c1. The number of ether oxygens (including phenoxy) is 2. The van der Waals surface area contributed by atoms with E-state index < -0.39 is 11.8 Å². The number of nitrogens with one attached hydrogen (secondary N) is 2. The van der Waals surface area contributed by atoms with Gasteiger partial charge >= 0.3 is 11.8 Å². The molecule has 1 heterocycles. The zero-order chi connectivity index (χ0) is 19.1. The zero-order valence-electron chi connectivity index (χ0n) is 15.2. The molecule has 0 aliphatic rings. The summed E-state index contributed by atoms with van der Waals surface area (Å²) in [5.74, 6) is -0.451. The van der Waals surface area contributed by atoms with E-state index in [-0.39, 0.29) is 6.04 Å². The number of nitrogens with zero attached hydrogens (tertiary/aromatic N) is 1. The van der Waals surface area contributed by atoms with Gasteiger partial charge in [-0.3, -0.25) is 9.59 Å². The fourth-order valence-electron chi connectivity index (χ4n) is 2.37. The predicted molar refractivity (Wildman–Crippen MR) is 102 cm³/mol. The Morgan fingerprint density at radius 3 is 2.50 bits per heavy atom. The molecule has 2 aromatic rings. The van der Waals surface area contributed by atoms with Crippen molar-refractivity contribution in [3.8, 4) is 11.5 Å². The van der Waals surface area contributed by atoms with Crippen molar-refractivity contribution in [3.05, 3.63) is 40.6 Å². The molecule has 0 unspecified atom stereocenters. The summed E-state index contributed by atoms with van der Waals surface area (Å²) in [4.78, 5) is 27.5. The van der Waals surface area contributed by atoms with Gasteiger partial charge in [0.15, 0.2) is 0 Å². The molecule has 0 bridgehead atoms. The molecule has 0 saturated carbocycles. The Hall–Kier alpha value is -2.58. The summed E-state index contributed by atoms with van der Waals surface area (Å²) >= 11 is 1.61. The second-order valence-corrected chi connectivity index (χ2v) is 6.70. The van der Waals surface area contributed by atoms with Crippen molar-refractivity contribution in [2.75, 3.05) is 40.2 Å². The normalized spacial score (nSPS) is 11.7. The van der Waals surface area contributed by atoms with Gasteiger partial charge < -0.3 is 25.0 Å². The van der Waals surface area contributed by atoms with E-state index in [4.69, 9.17) is 9.47 Å². The van der Waals surface area contributed by atoms with Crippen molar-refractivity contribution in [1.82, 2.24) is 10.2 Å². The molecule has 0 spiro atoms. The molecule has 0 aliphatic carbocycles. The minimum Gasteiger partial charge on any atom is -0.497 e. The first kappa shape index (κ1) is 19.7. The van der Waals surface area contributed by atoms with Crippen LogP contribution in [0.15, 0.2) is 35.7 Å². The number of amides is 2. The van der Waals surface area contributed by atoms with Crippen LogP contribution < -0.4 is 20.1 Å². The van der Waals surface area contributed by atoms with E-state index in [0.717, 1.165) is 4.88 Å². The Balaban J connectivity index is 1.98. The molecule has 0 fully saturated rings. The highest BCUT2D eigenvalue weighted by atomic mass is 32.1. The fraction of sp³-hybridized carbons (Fsp3) is 0.333. The number of hydrogen-bond acceptors (Lipinski definition) is 6. The van der Waals surface area contributed by atoms with Crippen LogP contribution >= 0.6 is 11.3 Å². The predicted octanol–water partition coefficient (Wildman–Crippen LogP) is 2.12. The highest BCUT2D eigenvalue weighted by molar-refractivity contribution is 7.10. The second kappa shape index (κ2) is 9.21. The van der Waals surface area contributed by atoms with Crippen molar-refractivity contribution in [1.29, 1.82) is 0 Å². The number of methoxy groups -OCH3 is 2. The van der Waals surface area contributed by atoms with Gasteiger partial charge in [-0.15, -0.1) is 11.3 Å². The number of benzene rings is 1. The highest BCUT2D eigenvalue weighted by Crippen LogP contribution is 2.29. The molecule has 140 valence electrons. The van der Waals surface area contributed by atoms with Gasteiger partial charge in [-0.05, 0) is 37.7 Å². The maximum atomic E-state index is 12.2. The van der Waals surface area contributed by atoms with Crippen LogP contribution in [0.4, 0.5) is 5.69 Å². The van der Waals surface area contributed by atoms with Gasteiger partial charge in [-0.1, -0.05) is 6.07 Å². The average Bonchev–Trinajstić information content (AvgIpc) is 3.15. The molecule has 0 aliphatic heterocycles. The minimum absolute atomic E-state index is 0.00210. The number of carbonyl (C=O) groups is 2. The van der Waals surface area contributed by atoms with E-state index in [1.54, 1.807) is 29.5 Å². The Morgan fingerprint density at radius 2 is 1.92 bits per heavy atom. The standard InChI is InChI=1S/C18H23N3O4S/c1-21(2)14(16-6-5-9-26-16)11-19-17(22)18(23)20-13-8-7-12(24-3)10-15(13)25-4/h5-10,14H,11H2,1-4H3,(H,19,22)(H,20,23)/t14-/m0/s1. The summed E-state index contributed by atoms with van der Waals surface area (Å²) in [5, 5.41) is 7.22. The second-order valence-electron chi connectivity index (χ2n) is 5.73. The van der Waals surface area contributed by atoms with Crippen LogP contribution in [0.5, 0.6) is 11.5 Å². The average molecular weight is 377 g/mol. The first-order valence-electron chi connectivity index (χ1n) is 7.97. The summed E-state index contributed by atoms with van der Waals surface area (Å²) in [6.07, 6.45) is 0. The molecule has 26 heavy (non-hydrogen) atoms. The molecular weight excluding hydrogens is 354 g/mol. The van der Waals surface area contributed by atoms with Crippen LogP contribution in [0.1, 0.15) is 10.9 Å². The third kappa shape index (κ3) is 4.96. The van der Waals surface area contributed by atoms with Crippen molar-refractivity contribution >= 4 is 28.8 Å². The van der Waals surface area contributed by atoms with Crippen molar-refractivity contribution in [3.63, 3.8) is 0 Å². The van der Waals surface area contributed by atoms with Crippen molar-refractivity contribution in [2.24, 2.45) is 0 Å². The van der Waals surface area contributed by atoms with Gasteiger partial charge in [0.05, 0.1) is 25.9 Å². The first-order valence-corrected chi connectivity index (χ1v) is 8.85. The molecule has 0 radical (unpaired) electrons. The van der Waals surface area contributed by atoms with E-state index in [0.29, 0.717) is 23.7 Å². The summed E-state index contributed by atoms with van der Waals surface area (Å²) in [7, 11) is 6.88. The monoisotopic (exact) mass is 377 g/mol. The highest BCUT2D eigenvalue weighted by Gasteiger charge is 2.20. The quantitative estimate of drug-likeness (QED) is 0.723. The number of anilines is 1. The smallest absolute Gasteiger partial charge is 0.313 e. The van der Waals surface area contributed by atoms with E-state index in [2.05, 4.69) is 10.6 Å². The Kier molecular flexibility index (Phi) is 6.99. The maximum Gasteiger partial charge on any atom is 0.313 e. The van der Waals surface area contributed by atoms with Crippen LogP contribution in [0.25, 0.3) is 0 Å². The third-order valence-corrected chi connectivity index (χ3v) is 4.79. The molecule has 7 nitrogen and oxygen atoms in total. The van der Waals surface area contributed by atoms with Gasteiger partial charge in [0.25, 0.3) is 0 Å². The lowest BCUT2D eigenvalue weighted by atomic mass is 10.2. The van der Waals surface area contributed by atoms with Crippen LogP contribution in [-0.2, 0) is 9.59 Å². The van der Waals surface area contributed by atoms with E-state index in [9.17, 15) is 9.59 Å². The Bertz CT molecular complexity index is 747. The van der Waals surface area contributed by atoms with E-state index >= 15 is 0 Å². The molecule has 1 atom stereocenters. The lowest BCUT2D eigenvalue weighted by molar-refractivity contribution is -0.136. The number of thiophene rings is 1. The summed E-state index contributed by atoms with van der Waals surface area (Å²) < 4.78 is 10.3. The minimum atomic E-state index is -0.753. The molecule has 1 aromatic heterocycles. The van der Waals surface area contributed by atoms with Crippen LogP contribution in [-0.4, -0.2) is 51.6 Å². The van der Waals surface area contributed by atoms with E-state index in [1.807, 2.05) is 36.5 Å². The molecule has 1 aromatic carbocycles. The van der Waals surface area contributed by atoms with Crippen LogP contribution in [0.2, 0.25) is 0 Å². The first-order chi connectivity index (χ1) is 12.5. The lowest BCUT2D eigenvalue weighted by Crippen LogP contribution is -2.40. The van der Waals surface area contributed by atoms with Crippen molar-refractivity contribution in [2.45, 2.75) is 6.04 Å². The lowest BCUT2D eigenvalue weighted by Gasteiger charge is -2.23. The molecule has 2 rings (SSSR count). The molecule has 2 amide bonds. The van der Waals surface area contributed by atoms with E-state index in [1.165, 1.54) is 14.2 Å². The number of rotatable bonds is 7. The number of hydrogen-bond donors (Lipinski definition) is 2. The summed E-state index contributed by atoms with van der Waals surface area (Å²) in [5.41, 5.74) is 0.399. The third-order valence-electron chi connectivity index (χ3n) is 3.81. The number of likely N-dealkylation sites (N-methyl/N-ethyl adjacent to an activating group) is 1. The zero-order valence-corrected chi connectivity index (χ0v) is 16.1. The Morgan fingerprint density at radius 1 is 1.15 bits per heavy atom. The molecule has 8 heteroatoms. The van der Waals surface area contributed by atoms with Gasteiger partial charge in [-0.25, -0.2) is 0 Å². The number of carbonyl (C=O) groups excluding carboxylic acids is 2. The largest absolute Gasteiger partial charge is 0.497 e. The summed E-state index contributed by atoms with van der Waals surface area (Å²) in [6, 6.07) is 8.89. The van der Waals surface area contributed by atoms with Gasteiger partial charge in [-0.2, -0.15) is 0 Å². The topological polar surface area (TPSA) is 79.9 Å². The van der Waals surface area contributed by atoms with Crippen LogP contribution in [0.3, 0.4) is 0 Å². The fourth-order valence-corrected chi connectivity index (χ4v) is 3.29. The van der Waals surface area contributed by atoms with Gasteiger partial charge in [0.2, 0.25) is 0 Å². The molecular formula is C18H23N3O4S. The van der Waals surface area contributed by atoms with Crippen LogP contribution in [0, 0.1) is 0 Å².